The zero-order chi connectivity index (χ0) is 29.0. The van der Waals surface area contributed by atoms with E-state index in [1.807, 2.05) is 0 Å². The van der Waals surface area contributed by atoms with E-state index in [9.17, 15) is 18.0 Å². The lowest BCUT2D eigenvalue weighted by Gasteiger charge is -2.32. The fourth-order valence-corrected chi connectivity index (χ4v) is 4.12. The highest BCUT2D eigenvalue weighted by atomic mass is 19.4. The van der Waals surface area contributed by atoms with Crippen LogP contribution in [-0.2, 0) is 9.53 Å². The highest BCUT2D eigenvalue weighted by Gasteiger charge is 2.30. The van der Waals surface area contributed by atoms with Gasteiger partial charge < -0.3 is 30.2 Å². The summed E-state index contributed by atoms with van der Waals surface area (Å²) in [6, 6.07) is 1.39. The second-order valence-electron chi connectivity index (χ2n) is 8.67. The van der Waals surface area contributed by atoms with Crippen LogP contribution in [-0.4, -0.2) is 73.1 Å². The number of rotatable bonds is 9. The molecular formula is C25H25F5N6O4. The van der Waals surface area contributed by atoms with Gasteiger partial charge in [0, 0.05) is 24.3 Å². The van der Waals surface area contributed by atoms with E-state index in [2.05, 4.69) is 37.5 Å². The predicted molar refractivity (Wildman–Crippen MR) is 135 cm³/mol. The van der Waals surface area contributed by atoms with Crippen LogP contribution in [0.2, 0.25) is 0 Å². The molecular weight excluding hydrogens is 543 g/mol. The number of carbonyl (C=O) groups excluding carboxylic acids is 1. The average Bonchev–Trinajstić information content (AvgIpc) is 2.92. The van der Waals surface area contributed by atoms with Gasteiger partial charge in [0.25, 0.3) is 0 Å². The number of aromatic nitrogens is 3. The van der Waals surface area contributed by atoms with Crippen molar-refractivity contribution in [1.82, 2.24) is 20.3 Å². The van der Waals surface area contributed by atoms with E-state index >= 15 is 8.78 Å². The molecule has 1 saturated heterocycles. The summed E-state index contributed by atoms with van der Waals surface area (Å²) in [4.78, 5) is 24.4. The largest absolute Gasteiger partial charge is 0.494 e. The first kappa shape index (κ1) is 28.7. The van der Waals surface area contributed by atoms with Gasteiger partial charge in [-0.1, -0.05) is 6.58 Å². The first-order valence-corrected chi connectivity index (χ1v) is 11.9. The van der Waals surface area contributed by atoms with Gasteiger partial charge in [-0.3, -0.25) is 4.79 Å². The zero-order valence-electron chi connectivity index (χ0n) is 21.4. The topological polar surface area (TPSA) is 120 Å². The number of methoxy groups -OCH3 is 2. The van der Waals surface area contributed by atoms with Crippen LogP contribution >= 0.6 is 0 Å². The van der Waals surface area contributed by atoms with Crippen molar-refractivity contribution in [3.63, 3.8) is 0 Å². The summed E-state index contributed by atoms with van der Waals surface area (Å²) in [5.74, 6) is -3.75. The van der Waals surface area contributed by atoms with Gasteiger partial charge in [-0.2, -0.15) is 13.2 Å². The maximum atomic E-state index is 15.2. The van der Waals surface area contributed by atoms with Crippen molar-refractivity contribution in [3.05, 3.63) is 42.6 Å². The number of anilines is 2. The Kier molecular flexibility index (Phi) is 8.52. The molecule has 1 aromatic carbocycles. The van der Waals surface area contributed by atoms with Crippen LogP contribution in [0.4, 0.5) is 33.7 Å². The van der Waals surface area contributed by atoms with Crippen LogP contribution < -0.4 is 25.4 Å². The molecule has 0 spiro atoms. The Labute approximate surface area is 224 Å². The molecule has 0 bridgehead atoms. The third-order valence-electron chi connectivity index (χ3n) is 6.04. The molecule has 40 heavy (non-hydrogen) atoms. The minimum Gasteiger partial charge on any atom is -0.494 e. The van der Waals surface area contributed by atoms with E-state index in [-0.39, 0.29) is 52.6 Å². The molecule has 214 valence electrons. The maximum absolute atomic E-state index is 15.2. The number of hydrogen-bond acceptors (Lipinski definition) is 9. The molecule has 1 aliphatic heterocycles. The molecule has 2 aromatic heterocycles. The van der Waals surface area contributed by atoms with Crippen molar-refractivity contribution in [3.8, 4) is 22.8 Å². The summed E-state index contributed by atoms with van der Waals surface area (Å²) in [7, 11) is 2.33. The molecule has 10 nitrogen and oxygen atoms in total. The summed E-state index contributed by atoms with van der Waals surface area (Å²) >= 11 is 0. The quantitative estimate of drug-likeness (QED) is 0.261. The smallest absolute Gasteiger partial charge is 0.405 e. The Bertz CT molecular complexity index is 1390. The fraction of sp³-hybridized carbons (Fsp3) is 0.360. The Balaban J connectivity index is 1.79. The summed E-state index contributed by atoms with van der Waals surface area (Å²) in [6.07, 6.45) is -1.76. The number of nitrogens with one attached hydrogen (secondary N) is 3. The monoisotopic (exact) mass is 568 g/mol. The van der Waals surface area contributed by atoms with E-state index < -0.39 is 41.8 Å². The number of amides is 1. The lowest BCUT2D eigenvalue weighted by Crippen LogP contribution is -2.52. The standard InChI is InChI=1S/C25H25F5N6O4/c1-4-18(37)33-13-5-6-40-10-15(13)35-24-31-9-12-7-14(34-23(22(12)36-24)32-11-25(28,29)30)19-20(26)16(38-2)8-17(39-3)21(19)27/h4,7-9,13,15H,1,5-6,10-11H2,2-3H3,(H,32,34)(H,33,37)(H,31,35,36)/t13?,15-/m1/s1. The first-order valence-electron chi connectivity index (χ1n) is 11.9. The van der Waals surface area contributed by atoms with Gasteiger partial charge >= 0.3 is 6.18 Å². The van der Waals surface area contributed by atoms with E-state index in [1.165, 1.54) is 12.3 Å². The molecule has 3 aromatic rings. The van der Waals surface area contributed by atoms with Crippen molar-refractivity contribution in [2.24, 2.45) is 0 Å². The van der Waals surface area contributed by atoms with E-state index in [0.29, 0.717) is 13.0 Å². The SMILES string of the molecule is C=CC(=O)NC1CCOC[C@H]1Nc1ncc2cc(-c3c(F)c(OC)cc(OC)c3F)nc(NCC(F)(F)F)c2n1. The molecule has 4 rings (SSSR count). The average molecular weight is 569 g/mol. The van der Waals surface area contributed by atoms with Gasteiger partial charge in [0.2, 0.25) is 11.9 Å². The van der Waals surface area contributed by atoms with E-state index in [1.54, 1.807) is 0 Å². The summed E-state index contributed by atoms with van der Waals surface area (Å²) in [5.41, 5.74) is -1.07. The van der Waals surface area contributed by atoms with Crippen LogP contribution in [0, 0.1) is 11.6 Å². The zero-order valence-corrected chi connectivity index (χ0v) is 21.4. The number of nitrogens with zero attached hydrogens (tertiary/aromatic N) is 3. The molecule has 0 radical (unpaired) electrons. The Morgan fingerprint density at radius 2 is 1.85 bits per heavy atom. The van der Waals surface area contributed by atoms with Gasteiger partial charge in [0.05, 0.1) is 44.2 Å². The molecule has 15 heteroatoms. The number of benzene rings is 1. The number of carbonyl (C=O) groups is 1. The maximum Gasteiger partial charge on any atom is 0.405 e. The Morgan fingerprint density at radius 1 is 1.15 bits per heavy atom. The number of halogens is 5. The second kappa shape index (κ2) is 11.9. The second-order valence-corrected chi connectivity index (χ2v) is 8.67. The molecule has 0 aliphatic carbocycles. The highest BCUT2D eigenvalue weighted by Crippen LogP contribution is 2.38. The van der Waals surface area contributed by atoms with Crippen LogP contribution in [0.25, 0.3) is 22.2 Å². The Hall–Kier alpha value is -4.27. The molecule has 1 unspecified atom stereocenters. The number of pyridine rings is 1. The predicted octanol–water partition coefficient (Wildman–Crippen LogP) is 3.83. The van der Waals surface area contributed by atoms with Crippen molar-refractivity contribution in [2.45, 2.75) is 24.7 Å². The lowest BCUT2D eigenvalue weighted by atomic mass is 10.0. The normalized spacial score (nSPS) is 17.3. The van der Waals surface area contributed by atoms with Crippen molar-refractivity contribution < 1.29 is 41.0 Å². The van der Waals surface area contributed by atoms with Gasteiger partial charge in [-0.05, 0) is 18.6 Å². The van der Waals surface area contributed by atoms with Crippen molar-refractivity contribution in [1.29, 1.82) is 0 Å². The molecule has 3 heterocycles. The number of fused-ring (bicyclic) bond motifs is 1. The third kappa shape index (κ3) is 6.30. The van der Waals surface area contributed by atoms with Crippen LogP contribution in [0.15, 0.2) is 31.0 Å². The lowest BCUT2D eigenvalue weighted by molar-refractivity contribution is -0.118. The minimum atomic E-state index is -4.64. The fourth-order valence-electron chi connectivity index (χ4n) is 4.12. The van der Waals surface area contributed by atoms with Gasteiger partial charge in [-0.15, -0.1) is 0 Å². The highest BCUT2D eigenvalue weighted by molar-refractivity contribution is 5.92. The van der Waals surface area contributed by atoms with E-state index in [4.69, 9.17) is 14.2 Å². The summed E-state index contributed by atoms with van der Waals surface area (Å²) in [5, 5.41) is 8.09. The summed E-state index contributed by atoms with van der Waals surface area (Å²) < 4.78 is 85.1. The van der Waals surface area contributed by atoms with Gasteiger partial charge in [-0.25, -0.2) is 23.7 Å². The number of alkyl halides is 3. The molecule has 0 saturated carbocycles. The van der Waals surface area contributed by atoms with Crippen molar-refractivity contribution >= 4 is 28.6 Å². The molecule has 1 amide bonds. The molecule has 1 aliphatic rings. The minimum absolute atomic E-state index is 0.00544. The molecule has 3 N–H and O–H groups in total. The van der Waals surface area contributed by atoms with Gasteiger partial charge in [0.1, 0.15) is 12.1 Å². The van der Waals surface area contributed by atoms with Gasteiger partial charge in [0.15, 0.2) is 29.0 Å². The first-order chi connectivity index (χ1) is 19.0. The van der Waals surface area contributed by atoms with Crippen molar-refractivity contribution in [2.75, 3.05) is 44.6 Å². The van der Waals surface area contributed by atoms with Crippen LogP contribution in [0.3, 0.4) is 0 Å². The molecule has 1 fully saturated rings. The Morgan fingerprint density at radius 3 is 2.48 bits per heavy atom. The van der Waals surface area contributed by atoms with E-state index in [0.717, 1.165) is 26.4 Å². The summed E-state index contributed by atoms with van der Waals surface area (Å²) in [6.45, 7) is 2.53. The number of hydrogen-bond donors (Lipinski definition) is 3. The van der Waals surface area contributed by atoms with Crippen LogP contribution in [0.5, 0.6) is 11.5 Å². The van der Waals surface area contributed by atoms with Crippen LogP contribution in [0.1, 0.15) is 6.42 Å². The third-order valence-corrected chi connectivity index (χ3v) is 6.04. The molecule has 2 atom stereocenters. The number of ether oxygens (including phenoxy) is 3.